The maximum atomic E-state index is 9.01. The summed E-state index contributed by atoms with van der Waals surface area (Å²) in [4.78, 5) is 4.37. The summed E-state index contributed by atoms with van der Waals surface area (Å²) in [5, 5.41) is 9.89. The summed E-state index contributed by atoms with van der Waals surface area (Å²) in [6, 6.07) is 10.7. The molecule has 1 N–H and O–H groups in total. The fourth-order valence-electron chi connectivity index (χ4n) is 1.80. The van der Waals surface area contributed by atoms with Crippen LogP contribution in [0, 0.1) is 0 Å². The Balaban J connectivity index is 2.09. The van der Waals surface area contributed by atoms with E-state index < -0.39 is 0 Å². The zero-order valence-corrected chi connectivity index (χ0v) is 11.2. The quantitative estimate of drug-likeness (QED) is 0.766. The first kappa shape index (κ1) is 12.5. The highest BCUT2D eigenvalue weighted by atomic mass is 35.5. The lowest BCUT2D eigenvalue weighted by Gasteiger charge is -1.97. The fraction of sp³-hybridized carbons (Fsp3) is 0.0714. The zero-order chi connectivity index (χ0) is 13.4. The molecule has 2 aromatic carbocycles. The Morgan fingerprint density at radius 2 is 1.74 bits per heavy atom. The van der Waals surface area contributed by atoms with Gasteiger partial charge in [0, 0.05) is 11.6 Å². The predicted molar refractivity (Wildman–Crippen MR) is 75.4 cm³/mol. The normalized spacial score (nSPS) is 11.1. The van der Waals surface area contributed by atoms with Crippen molar-refractivity contribution < 1.29 is 9.52 Å². The van der Waals surface area contributed by atoms with Crippen LogP contribution in [0.25, 0.3) is 22.6 Å². The van der Waals surface area contributed by atoms with Gasteiger partial charge in [0.15, 0.2) is 5.58 Å². The molecule has 0 saturated heterocycles. The second-order valence-electron chi connectivity index (χ2n) is 4.11. The Labute approximate surface area is 119 Å². The van der Waals surface area contributed by atoms with Crippen LogP contribution in [0.1, 0.15) is 5.56 Å². The van der Waals surface area contributed by atoms with Gasteiger partial charge in [0.1, 0.15) is 5.52 Å². The van der Waals surface area contributed by atoms with Crippen LogP contribution in [-0.2, 0) is 6.61 Å². The van der Waals surface area contributed by atoms with Crippen molar-refractivity contribution in [2.24, 2.45) is 0 Å². The number of halogens is 2. The Bertz CT molecular complexity index is 696. The third-order valence-corrected chi connectivity index (χ3v) is 3.54. The van der Waals surface area contributed by atoms with E-state index in [1.807, 2.05) is 24.3 Å². The highest BCUT2D eigenvalue weighted by molar-refractivity contribution is 6.42. The van der Waals surface area contributed by atoms with Gasteiger partial charge >= 0.3 is 0 Å². The summed E-state index contributed by atoms with van der Waals surface area (Å²) in [7, 11) is 0. The van der Waals surface area contributed by atoms with Gasteiger partial charge in [0.25, 0.3) is 0 Å². The van der Waals surface area contributed by atoms with Gasteiger partial charge in [-0.1, -0.05) is 35.3 Å². The molecule has 0 aliphatic heterocycles. The molecule has 1 aromatic heterocycles. The maximum Gasteiger partial charge on any atom is 0.227 e. The Kier molecular flexibility index (Phi) is 3.19. The van der Waals surface area contributed by atoms with Crippen molar-refractivity contribution >= 4 is 34.3 Å². The van der Waals surface area contributed by atoms with Gasteiger partial charge in [0.2, 0.25) is 5.89 Å². The van der Waals surface area contributed by atoms with Gasteiger partial charge in [0.05, 0.1) is 16.7 Å². The van der Waals surface area contributed by atoms with Gasteiger partial charge in [-0.25, -0.2) is 4.98 Å². The van der Waals surface area contributed by atoms with Crippen LogP contribution >= 0.6 is 23.2 Å². The Morgan fingerprint density at radius 1 is 1.05 bits per heavy atom. The lowest BCUT2D eigenvalue weighted by molar-refractivity contribution is 0.282. The van der Waals surface area contributed by atoms with Crippen LogP contribution in [-0.4, -0.2) is 10.1 Å². The minimum atomic E-state index is 0.0130. The van der Waals surface area contributed by atoms with Crippen molar-refractivity contribution in [2.75, 3.05) is 0 Å². The third kappa shape index (κ3) is 2.32. The summed E-state index contributed by atoms with van der Waals surface area (Å²) >= 11 is 11.9. The van der Waals surface area contributed by atoms with E-state index in [4.69, 9.17) is 32.7 Å². The van der Waals surface area contributed by atoms with Gasteiger partial charge in [-0.05, 0) is 23.8 Å². The Morgan fingerprint density at radius 3 is 2.42 bits per heavy atom. The minimum absolute atomic E-state index is 0.0130. The summed E-state index contributed by atoms with van der Waals surface area (Å²) in [6.07, 6.45) is 0. The number of nitrogens with zero attached hydrogens (tertiary/aromatic N) is 1. The number of hydrogen-bond donors (Lipinski definition) is 1. The molecule has 0 saturated carbocycles. The van der Waals surface area contributed by atoms with E-state index >= 15 is 0 Å². The first-order chi connectivity index (χ1) is 9.17. The number of rotatable bonds is 2. The van der Waals surface area contributed by atoms with Crippen molar-refractivity contribution in [1.29, 1.82) is 0 Å². The maximum absolute atomic E-state index is 9.01. The first-order valence-electron chi connectivity index (χ1n) is 5.63. The molecule has 0 bridgehead atoms. The lowest BCUT2D eigenvalue weighted by Crippen LogP contribution is -1.82. The molecular formula is C14H9Cl2NO2. The van der Waals surface area contributed by atoms with Crippen LogP contribution < -0.4 is 0 Å². The highest BCUT2D eigenvalue weighted by Gasteiger charge is 2.10. The van der Waals surface area contributed by atoms with E-state index in [2.05, 4.69) is 4.98 Å². The summed E-state index contributed by atoms with van der Waals surface area (Å²) in [5.41, 5.74) is 2.93. The van der Waals surface area contributed by atoms with E-state index in [1.54, 1.807) is 12.1 Å². The number of aliphatic hydroxyl groups is 1. The average molecular weight is 294 g/mol. The van der Waals surface area contributed by atoms with E-state index in [-0.39, 0.29) is 6.61 Å². The molecule has 0 amide bonds. The first-order valence-corrected chi connectivity index (χ1v) is 6.39. The molecular weight excluding hydrogens is 285 g/mol. The van der Waals surface area contributed by atoms with Gasteiger partial charge < -0.3 is 9.52 Å². The summed E-state index contributed by atoms with van der Waals surface area (Å²) in [5.74, 6) is 0.498. The molecule has 0 aliphatic rings. The summed E-state index contributed by atoms with van der Waals surface area (Å²) < 4.78 is 5.65. The molecule has 3 nitrogen and oxygen atoms in total. The number of fused-ring (bicyclic) bond motifs is 1. The van der Waals surface area contributed by atoms with Crippen molar-refractivity contribution in [2.45, 2.75) is 6.61 Å². The van der Waals surface area contributed by atoms with E-state index in [9.17, 15) is 0 Å². The number of aliphatic hydroxyl groups excluding tert-OH is 1. The minimum Gasteiger partial charge on any atom is -0.436 e. The van der Waals surface area contributed by atoms with Crippen molar-refractivity contribution in [3.05, 3.63) is 52.0 Å². The highest BCUT2D eigenvalue weighted by Crippen LogP contribution is 2.31. The topological polar surface area (TPSA) is 46.3 Å². The van der Waals surface area contributed by atoms with Crippen molar-refractivity contribution in [1.82, 2.24) is 4.98 Å². The molecule has 0 aliphatic carbocycles. The van der Waals surface area contributed by atoms with Gasteiger partial charge in [-0.3, -0.25) is 0 Å². The van der Waals surface area contributed by atoms with Crippen LogP contribution in [0.3, 0.4) is 0 Å². The molecule has 0 fully saturated rings. The average Bonchev–Trinajstić information content (AvgIpc) is 2.82. The Hall–Kier alpha value is -1.55. The number of aromatic nitrogens is 1. The molecule has 19 heavy (non-hydrogen) atoms. The second kappa shape index (κ2) is 4.85. The molecule has 0 atom stereocenters. The number of oxazole rings is 1. The SMILES string of the molecule is OCc1ccc(-c2nc3cc(Cl)c(Cl)cc3o2)cc1. The molecule has 0 radical (unpaired) electrons. The molecule has 0 spiro atoms. The van der Waals surface area contributed by atoms with Crippen molar-refractivity contribution in [3.63, 3.8) is 0 Å². The standard InChI is InChI=1S/C14H9Cl2NO2/c15-10-5-12-13(6-11(10)16)19-14(17-12)9-3-1-8(7-18)2-4-9/h1-6,18H,7H2. The van der Waals surface area contributed by atoms with E-state index in [0.29, 0.717) is 27.0 Å². The molecule has 0 unspecified atom stereocenters. The third-order valence-electron chi connectivity index (χ3n) is 2.81. The summed E-state index contributed by atoms with van der Waals surface area (Å²) in [6.45, 7) is 0.0130. The molecule has 96 valence electrons. The van der Waals surface area contributed by atoms with E-state index in [1.165, 1.54) is 0 Å². The number of hydrogen-bond acceptors (Lipinski definition) is 3. The van der Waals surface area contributed by atoms with Crippen LogP contribution in [0.4, 0.5) is 0 Å². The molecule has 5 heteroatoms. The zero-order valence-electron chi connectivity index (χ0n) is 9.73. The molecule has 3 rings (SSSR count). The van der Waals surface area contributed by atoms with Crippen molar-refractivity contribution in [3.8, 4) is 11.5 Å². The number of benzene rings is 2. The fourth-order valence-corrected chi connectivity index (χ4v) is 2.11. The smallest absolute Gasteiger partial charge is 0.227 e. The van der Waals surface area contributed by atoms with Crippen LogP contribution in [0.5, 0.6) is 0 Å². The van der Waals surface area contributed by atoms with E-state index in [0.717, 1.165) is 11.1 Å². The monoisotopic (exact) mass is 293 g/mol. The molecule has 3 aromatic rings. The van der Waals surface area contributed by atoms with Crippen LogP contribution in [0.15, 0.2) is 40.8 Å². The van der Waals surface area contributed by atoms with Gasteiger partial charge in [-0.15, -0.1) is 0 Å². The van der Waals surface area contributed by atoms with Gasteiger partial charge in [-0.2, -0.15) is 0 Å². The predicted octanol–water partition coefficient (Wildman–Crippen LogP) is 4.29. The second-order valence-corrected chi connectivity index (χ2v) is 4.92. The lowest BCUT2D eigenvalue weighted by atomic mass is 10.1. The van der Waals surface area contributed by atoms with Crippen LogP contribution in [0.2, 0.25) is 10.0 Å². The largest absolute Gasteiger partial charge is 0.436 e. The molecule has 1 heterocycles.